The molecular formula is C24H27Cl2N4O6-. The maximum Gasteiger partial charge on any atom is 0.266 e. The number of hydrogen-bond acceptors (Lipinski definition) is 7. The number of amides is 3. The highest BCUT2D eigenvalue weighted by atomic mass is 35.5. The zero-order valence-corrected chi connectivity index (χ0v) is 21.1. The molecule has 0 spiro atoms. The molecule has 10 nitrogen and oxygen atoms in total. The van der Waals surface area contributed by atoms with Gasteiger partial charge in [0.15, 0.2) is 0 Å². The third kappa shape index (κ3) is 6.77. The van der Waals surface area contributed by atoms with Gasteiger partial charge < -0.3 is 24.9 Å². The molecule has 1 fully saturated rings. The van der Waals surface area contributed by atoms with Crippen LogP contribution in [0.5, 0.6) is 5.75 Å². The van der Waals surface area contributed by atoms with Crippen LogP contribution >= 0.6 is 23.2 Å². The van der Waals surface area contributed by atoms with Crippen LogP contribution in [0.4, 0.5) is 4.79 Å². The molecule has 3 amide bonds. The second kappa shape index (κ2) is 12.2. The third-order valence-electron chi connectivity index (χ3n) is 6.27. The lowest BCUT2D eigenvalue weighted by molar-refractivity contribution is -0.250. The Morgan fingerprint density at radius 1 is 1.22 bits per heavy atom. The number of pyridine rings is 1. The highest BCUT2D eigenvalue weighted by Crippen LogP contribution is 2.37. The van der Waals surface area contributed by atoms with E-state index >= 15 is 0 Å². The Labute approximate surface area is 218 Å². The van der Waals surface area contributed by atoms with Crippen molar-refractivity contribution in [3.63, 3.8) is 0 Å². The second-order valence-corrected chi connectivity index (χ2v) is 9.49. The number of hydrogen-bond donors (Lipinski definition) is 3. The van der Waals surface area contributed by atoms with Gasteiger partial charge >= 0.3 is 0 Å². The number of nitrogens with one attached hydrogen (secondary N) is 2. The molecule has 0 aliphatic carbocycles. The lowest BCUT2D eigenvalue weighted by Crippen LogP contribution is -2.49. The van der Waals surface area contributed by atoms with Crippen LogP contribution in [0.15, 0.2) is 36.4 Å². The number of nitrogens with zero attached hydrogens (tertiary/aromatic N) is 2. The number of hydroxylamine groups is 1. The predicted octanol–water partition coefficient (Wildman–Crippen LogP) is 2.43. The highest BCUT2D eigenvalue weighted by Gasteiger charge is 2.47. The van der Waals surface area contributed by atoms with E-state index in [2.05, 4.69) is 10.3 Å². The Morgan fingerprint density at radius 2 is 1.89 bits per heavy atom. The molecule has 1 aliphatic heterocycles. The first-order valence-corrected chi connectivity index (χ1v) is 12.1. The Hall–Kier alpha value is -3.08. The zero-order valence-electron chi connectivity index (χ0n) is 19.6. The van der Waals surface area contributed by atoms with E-state index in [9.17, 15) is 24.7 Å². The first-order chi connectivity index (χ1) is 17.1. The van der Waals surface area contributed by atoms with Crippen molar-refractivity contribution in [1.29, 1.82) is 0 Å². The zero-order chi connectivity index (χ0) is 26.3. The molecule has 0 radical (unpaired) electrons. The monoisotopic (exact) mass is 537 g/mol. The topological polar surface area (TPSA) is 144 Å². The average Bonchev–Trinajstić information content (AvgIpc) is 3.14. The molecule has 1 aromatic heterocycles. The molecule has 36 heavy (non-hydrogen) atoms. The van der Waals surface area contributed by atoms with Crippen molar-refractivity contribution >= 4 is 41.1 Å². The van der Waals surface area contributed by atoms with Gasteiger partial charge in [-0.2, -0.15) is 0 Å². The minimum absolute atomic E-state index is 0.178. The second-order valence-electron chi connectivity index (χ2n) is 8.72. The molecular weight excluding hydrogens is 511 g/mol. The fraction of sp³-hybridized carbons (Fsp3) is 0.417. The summed E-state index contributed by atoms with van der Waals surface area (Å²) in [6, 6.07) is 9.62. The number of unbranched alkanes of at least 4 members (excludes halogenated alkanes) is 1. The summed E-state index contributed by atoms with van der Waals surface area (Å²) in [6.45, 7) is 2.58. The van der Waals surface area contributed by atoms with Crippen LogP contribution in [-0.2, 0) is 21.6 Å². The van der Waals surface area contributed by atoms with Crippen molar-refractivity contribution < 1.29 is 29.4 Å². The van der Waals surface area contributed by atoms with E-state index in [1.807, 2.05) is 19.1 Å². The number of ether oxygens (including phenoxy) is 1. The van der Waals surface area contributed by atoms with E-state index in [1.165, 1.54) is 4.90 Å². The van der Waals surface area contributed by atoms with Crippen LogP contribution in [0, 0.1) is 0 Å². The van der Waals surface area contributed by atoms with Gasteiger partial charge in [0.25, 0.3) is 5.91 Å². The SMILES string of the molecule is CC1(c2ccc(OCc3cc(Cl)nc(Cl)c3)cc2)CCN(C(CCCCNC(=O)[O-])C(=O)NO)C1=O. The predicted molar refractivity (Wildman–Crippen MR) is 130 cm³/mol. The number of carboxylic acid groups (broad SMARTS) is 1. The van der Waals surface area contributed by atoms with Gasteiger partial charge in [-0.05, 0) is 68.0 Å². The minimum atomic E-state index is -1.37. The largest absolute Gasteiger partial charge is 0.530 e. The van der Waals surface area contributed by atoms with Gasteiger partial charge in [-0.3, -0.25) is 14.8 Å². The number of rotatable bonds is 11. The molecule has 1 aliphatic rings. The van der Waals surface area contributed by atoms with Crippen molar-refractivity contribution in [1.82, 2.24) is 20.7 Å². The molecule has 2 unspecified atom stereocenters. The highest BCUT2D eigenvalue weighted by molar-refractivity contribution is 6.32. The van der Waals surface area contributed by atoms with Crippen LogP contribution < -0.4 is 20.6 Å². The van der Waals surface area contributed by atoms with Gasteiger partial charge in [0, 0.05) is 13.1 Å². The van der Waals surface area contributed by atoms with Crippen LogP contribution in [0.3, 0.4) is 0 Å². The maximum atomic E-state index is 13.4. The van der Waals surface area contributed by atoms with E-state index in [0.717, 1.165) is 11.1 Å². The molecule has 0 bridgehead atoms. The van der Waals surface area contributed by atoms with Gasteiger partial charge in [0.1, 0.15) is 34.8 Å². The summed E-state index contributed by atoms with van der Waals surface area (Å²) in [7, 11) is 0. The van der Waals surface area contributed by atoms with Gasteiger partial charge in [0.05, 0.1) is 5.41 Å². The third-order valence-corrected chi connectivity index (χ3v) is 6.66. The van der Waals surface area contributed by atoms with E-state index in [4.69, 9.17) is 27.9 Å². The molecule has 3 N–H and O–H groups in total. The Kier molecular flexibility index (Phi) is 9.36. The molecule has 2 aromatic rings. The van der Waals surface area contributed by atoms with Crippen LogP contribution in [0.2, 0.25) is 10.3 Å². The maximum absolute atomic E-state index is 13.4. The smallest absolute Gasteiger partial charge is 0.266 e. The molecule has 1 saturated heterocycles. The van der Waals surface area contributed by atoms with Gasteiger partial charge in [-0.15, -0.1) is 0 Å². The summed E-state index contributed by atoms with van der Waals surface area (Å²) >= 11 is 11.8. The molecule has 1 aromatic carbocycles. The summed E-state index contributed by atoms with van der Waals surface area (Å²) in [5, 5.41) is 22.4. The first-order valence-electron chi connectivity index (χ1n) is 11.4. The number of benzene rings is 1. The van der Waals surface area contributed by atoms with Crippen molar-refractivity contribution in [2.75, 3.05) is 13.1 Å². The standard InChI is InChI=1S/C24H28Cl2N4O6/c1-24(16-5-7-17(8-6-16)36-14-15-12-19(25)28-20(26)13-15)9-11-30(22(24)32)18(21(31)29-35)4-2-3-10-27-23(33)34/h5-8,12-13,18,27,35H,2-4,9-11,14H2,1H3,(H,29,31)(H,33,34)/p-1. The number of carbonyl (C=O) groups is 3. The van der Waals surface area contributed by atoms with Crippen LogP contribution in [-0.4, -0.2) is 52.1 Å². The van der Waals surface area contributed by atoms with Gasteiger partial charge in [-0.25, -0.2) is 10.5 Å². The van der Waals surface area contributed by atoms with E-state index in [1.54, 1.807) is 29.7 Å². The van der Waals surface area contributed by atoms with E-state index in [-0.39, 0.29) is 35.8 Å². The number of halogens is 2. The molecule has 2 heterocycles. The normalized spacial score (nSPS) is 18.1. The molecule has 12 heteroatoms. The first kappa shape index (κ1) is 27.5. The van der Waals surface area contributed by atoms with E-state index < -0.39 is 23.5 Å². The summed E-state index contributed by atoms with van der Waals surface area (Å²) in [6.07, 6.45) is 0.327. The van der Waals surface area contributed by atoms with Gasteiger partial charge in [0.2, 0.25) is 5.91 Å². The van der Waals surface area contributed by atoms with Crippen LogP contribution in [0.1, 0.15) is 43.7 Å². The quantitative estimate of drug-likeness (QED) is 0.173. The Bertz CT molecular complexity index is 1080. The average molecular weight is 538 g/mol. The lowest BCUT2D eigenvalue weighted by Gasteiger charge is -2.29. The Morgan fingerprint density at radius 3 is 2.50 bits per heavy atom. The fourth-order valence-electron chi connectivity index (χ4n) is 4.27. The van der Waals surface area contributed by atoms with Crippen molar-refractivity contribution in [3.05, 3.63) is 57.8 Å². The number of aromatic nitrogens is 1. The van der Waals surface area contributed by atoms with Gasteiger partial charge in [-0.1, -0.05) is 35.3 Å². The van der Waals surface area contributed by atoms with Crippen molar-refractivity contribution in [2.45, 2.75) is 50.7 Å². The van der Waals surface area contributed by atoms with Crippen LogP contribution in [0.25, 0.3) is 0 Å². The summed E-state index contributed by atoms with van der Waals surface area (Å²) in [4.78, 5) is 41.6. The summed E-state index contributed by atoms with van der Waals surface area (Å²) < 4.78 is 5.80. The molecule has 3 rings (SSSR count). The van der Waals surface area contributed by atoms with E-state index in [0.29, 0.717) is 31.6 Å². The molecule has 0 saturated carbocycles. The lowest BCUT2D eigenvalue weighted by atomic mass is 9.81. The minimum Gasteiger partial charge on any atom is -0.530 e. The van der Waals surface area contributed by atoms with Crippen molar-refractivity contribution in [2.24, 2.45) is 0 Å². The molecule has 2 atom stereocenters. The number of likely N-dealkylation sites (tertiary alicyclic amines) is 1. The Balaban J connectivity index is 1.64. The summed E-state index contributed by atoms with van der Waals surface area (Å²) in [5.41, 5.74) is 2.33. The number of carbonyl (C=O) groups excluding carboxylic acids is 3. The fourth-order valence-corrected chi connectivity index (χ4v) is 4.78. The summed E-state index contributed by atoms with van der Waals surface area (Å²) in [5.74, 6) is -0.310. The molecule has 194 valence electrons. The van der Waals surface area contributed by atoms with Crippen molar-refractivity contribution in [3.8, 4) is 5.75 Å².